The van der Waals surface area contributed by atoms with Gasteiger partial charge in [0.05, 0.1) is 17.6 Å². The number of hydrogen-bond acceptors (Lipinski definition) is 4. The van der Waals surface area contributed by atoms with E-state index in [2.05, 4.69) is 15.0 Å². The molecule has 0 aliphatic carbocycles. The first kappa shape index (κ1) is 13.9. The lowest BCUT2D eigenvalue weighted by atomic mass is 10.4. The standard InChI is InChI=1S/C10H16FN3O2S/c1-8(2)13-5-6-17(15,16)14-10-3-4-12-7-9(10)11/h3-4,7-8,13H,5-6H2,1-2H3,(H,12,14). The van der Waals surface area contributed by atoms with Crippen LogP contribution in [-0.4, -0.2) is 31.7 Å². The first-order valence-electron chi connectivity index (χ1n) is 5.24. The molecule has 0 saturated heterocycles. The van der Waals surface area contributed by atoms with Crippen LogP contribution in [-0.2, 0) is 10.0 Å². The van der Waals surface area contributed by atoms with Gasteiger partial charge in [0.2, 0.25) is 10.0 Å². The van der Waals surface area contributed by atoms with Crippen LogP contribution in [0.4, 0.5) is 10.1 Å². The molecular formula is C10H16FN3O2S. The summed E-state index contributed by atoms with van der Waals surface area (Å²) in [6.45, 7) is 4.16. The Balaban J connectivity index is 2.58. The second-order valence-corrected chi connectivity index (χ2v) is 5.73. The Labute approximate surface area is 101 Å². The number of rotatable bonds is 6. The van der Waals surface area contributed by atoms with Crippen LogP contribution >= 0.6 is 0 Å². The van der Waals surface area contributed by atoms with Crippen LogP contribution in [0.25, 0.3) is 0 Å². The van der Waals surface area contributed by atoms with Crippen molar-refractivity contribution in [2.75, 3.05) is 17.0 Å². The SMILES string of the molecule is CC(C)NCCS(=O)(=O)Nc1ccncc1F. The number of nitrogens with zero attached hydrogens (tertiary/aromatic N) is 1. The molecule has 1 aromatic rings. The Morgan fingerprint density at radius 1 is 1.47 bits per heavy atom. The van der Waals surface area contributed by atoms with Crippen molar-refractivity contribution < 1.29 is 12.8 Å². The minimum atomic E-state index is -3.53. The van der Waals surface area contributed by atoms with Crippen molar-refractivity contribution >= 4 is 15.7 Å². The summed E-state index contributed by atoms with van der Waals surface area (Å²) in [5, 5.41) is 2.98. The molecule has 96 valence electrons. The molecular weight excluding hydrogens is 245 g/mol. The predicted molar refractivity (Wildman–Crippen MR) is 64.7 cm³/mol. The van der Waals surface area contributed by atoms with Gasteiger partial charge in [0.1, 0.15) is 0 Å². The lowest BCUT2D eigenvalue weighted by Gasteiger charge is -2.10. The van der Waals surface area contributed by atoms with Crippen LogP contribution in [0.2, 0.25) is 0 Å². The number of halogens is 1. The van der Waals surface area contributed by atoms with E-state index in [0.29, 0.717) is 6.54 Å². The van der Waals surface area contributed by atoms with Gasteiger partial charge in [0.15, 0.2) is 5.82 Å². The van der Waals surface area contributed by atoms with E-state index < -0.39 is 15.8 Å². The number of pyridine rings is 1. The average Bonchev–Trinajstić information content (AvgIpc) is 2.20. The Morgan fingerprint density at radius 2 is 2.18 bits per heavy atom. The normalized spacial score (nSPS) is 11.8. The van der Waals surface area contributed by atoms with Gasteiger partial charge in [0, 0.05) is 18.8 Å². The highest BCUT2D eigenvalue weighted by Gasteiger charge is 2.12. The maximum absolute atomic E-state index is 13.2. The second-order valence-electron chi connectivity index (χ2n) is 3.89. The van der Waals surface area contributed by atoms with Gasteiger partial charge in [-0.05, 0) is 6.07 Å². The van der Waals surface area contributed by atoms with Crippen molar-refractivity contribution in [1.29, 1.82) is 0 Å². The van der Waals surface area contributed by atoms with E-state index in [1.54, 1.807) is 0 Å². The molecule has 0 aliphatic heterocycles. The summed E-state index contributed by atoms with van der Waals surface area (Å²) in [5.41, 5.74) is -0.0791. The van der Waals surface area contributed by atoms with E-state index in [-0.39, 0.29) is 17.5 Å². The largest absolute Gasteiger partial charge is 0.313 e. The highest BCUT2D eigenvalue weighted by molar-refractivity contribution is 7.92. The molecule has 0 amide bonds. The summed E-state index contributed by atoms with van der Waals surface area (Å²) in [4.78, 5) is 3.54. The third-order valence-corrected chi connectivity index (χ3v) is 3.23. The van der Waals surface area contributed by atoms with Gasteiger partial charge in [-0.15, -0.1) is 0 Å². The van der Waals surface area contributed by atoms with Gasteiger partial charge in [-0.1, -0.05) is 13.8 Å². The summed E-state index contributed by atoms with van der Waals surface area (Å²) in [6.07, 6.45) is 2.29. The molecule has 1 heterocycles. The zero-order chi connectivity index (χ0) is 12.9. The van der Waals surface area contributed by atoms with Gasteiger partial charge >= 0.3 is 0 Å². The summed E-state index contributed by atoms with van der Waals surface area (Å²) >= 11 is 0. The van der Waals surface area contributed by atoms with E-state index in [0.717, 1.165) is 6.20 Å². The first-order chi connectivity index (χ1) is 7.91. The minimum Gasteiger partial charge on any atom is -0.313 e. The molecule has 0 aliphatic rings. The number of nitrogens with one attached hydrogen (secondary N) is 2. The third kappa shape index (κ3) is 5.10. The first-order valence-corrected chi connectivity index (χ1v) is 6.89. The van der Waals surface area contributed by atoms with Crippen molar-refractivity contribution in [2.45, 2.75) is 19.9 Å². The molecule has 7 heteroatoms. The molecule has 1 aromatic heterocycles. The molecule has 0 fully saturated rings. The molecule has 17 heavy (non-hydrogen) atoms. The van der Waals surface area contributed by atoms with Crippen molar-refractivity contribution in [3.63, 3.8) is 0 Å². The Kier molecular flexibility index (Phi) is 4.83. The fourth-order valence-electron chi connectivity index (χ4n) is 1.16. The number of anilines is 1. The maximum Gasteiger partial charge on any atom is 0.234 e. The van der Waals surface area contributed by atoms with Crippen molar-refractivity contribution in [1.82, 2.24) is 10.3 Å². The minimum absolute atomic E-state index is 0.0791. The highest BCUT2D eigenvalue weighted by Crippen LogP contribution is 2.12. The lowest BCUT2D eigenvalue weighted by molar-refractivity contribution is 0.580. The van der Waals surface area contributed by atoms with Crippen LogP contribution in [0.1, 0.15) is 13.8 Å². The van der Waals surface area contributed by atoms with E-state index in [4.69, 9.17) is 0 Å². The molecule has 0 saturated carbocycles. The Hall–Kier alpha value is -1.21. The van der Waals surface area contributed by atoms with Crippen molar-refractivity contribution in [3.8, 4) is 0 Å². The summed E-state index contributed by atoms with van der Waals surface area (Å²) in [5.74, 6) is -0.791. The summed E-state index contributed by atoms with van der Waals surface area (Å²) in [7, 11) is -3.53. The Bertz CT molecular complexity index is 462. The molecule has 1 rings (SSSR count). The van der Waals surface area contributed by atoms with E-state index in [9.17, 15) is 12.8 Å². The van der Waals surface area contributed by atoms with Gasteiger partial charge in [0.25, 0.3) is 0 Å². The summed E-state index contributed by atoms with van der Waals surface area (Å²) in [6, 6.07) is 1.49. The van der Waals surface area contributed by atoms with Crippen LogP contribution in [0, 0.1) is 5.82 Å². The van der Waals surface area contributed by atoms with E-state index >= 15 is 0 Å². The number of sulfonamides is 1. The number of aromatic nitrogens is 1. The Morgan fingerprint density at radius 3 is 2.76 bits per heavy atom. The molecule has 0 bridgehead atoms. The topological polar surface area (TPSA) is 71.1 Å². The molecule has 0 spiro atoms. The fourth-order valence-corrected chi connectivity index (χ4v) is 2.15. The average molecular weight is 261 g/mol. The fraction of sp³-hybridized carbons (Fsp3) is 0.500. The van der Waals surface area contributed by atoms with E-state index in [1.165, 1.54) is 12.3 Å². The maximum atomic E-state index is 13.2. The van der Waals surface area contributed by atoms with Crippen molar-refractivity contribution in [3.05, 3.63) is 24.3 Å². The van der Waals surface area contributed by atoms with Crippen LogP contribution in [0.3, 0.4) is 0 Å². The summed E-state index contributed by atoms with van der Waals surface area (Å²) < 4.78 is 38.5. The zero-order valence-electron chi connectivity index (χ0n) is 9.77. The molecule has 5 nitrogen and oxygen atoms in total. The van der Waals surface area contributed by atoms with Gasteiger partial charge in [-0.3, -0.25) is 9.71 Å². The van der Waals surface area contributed by atoms with Gasteiger partial charge in [-0.25, -0.2) is 12.8 Å². The zero-order valence-corrected chi connectivity index (χ0v) is 10.6. The van der Waals surface area contributed by atoms with Crippen LogP contribution in [0.15, 0.2) is 18.5 Å². The monoisotopic (exact) mass is 261 g/mol. The number of hydrogen-bond donors (Lipinski definition) is 2. The van der Waals surface area contributed by atoms with Gasteiger partial charge < -0.3 is 5.32 Å². The highest BCUT2D eigenvalue weighted by atomic mass is 32.2. The molecule has 0 unspecified atom stereocenters. The molecule has 0 atom stereocenters. The molecule has 2 N–H and O–H groups in total. The second kappa shape index (κ2) is 5.92. The predicted octanol–water partition coefficient (Wildman–Crippen LogP) is 0.960. The van der Waals surface area contributed by atoms with Crippen LogP contribution < -0.4 is 10.0 Å². The molecule has 0 aromatic carbocycles. The van der Waals surface area contributed by atoms with Crippen molar-refractivity contribution in [2.24, 2.45) is 0 Å². The van der Waals surface area contributed by atoms with Gasteiger partial charge in [-0.2, -0.15) is 0 Å². The lowest BCUT2D eigenvalue weighted by Crippen LogP contribution is -2.31. The third-order valence-electron chi connectivity index (χ3n) is 1.96. The molecule has 0 radical (unpaired) electrons. The van der Waals surface area contributed by atoms with Crippen LogP contribution in [0.5, 0.6) is 0 Å². The smallest absolute Gasteiger partial charge is 0.234 e. The quantitative estimate of drug-likeness (QED) is 0.800. The van der Waals surface area contributed by atoms with E-state index in [1.807, 2.05) is 13.8 Å².